The molecule has 1 aromatic carbocycles. The molecule has 1 aromatic rings. The minimum Gasteiger partial charge on any atom is -0.507 e. The highest BCUT2D eigenvalue weighted by atomic mass is 16.4. The zero-order valence-corrected chi connectivity index (χ0v) is 12.0. The lowest BCUT2D eigenvalue weighted by molar-refractivity contribution is -0.146. The van der Waals surface area contributed by atoms with E-state index >= 15 is 0 Å². The van der Waals surface area contributed by atoms with Gasteiger partial charge in [-0.05, 0) is 46.8 Å². The molecule has 23 heavy (non-hydrogen) atoms. The molecule has 0 aliphatic carbocycles. The van der Waals surface area contributed by atoms with Gasteiger partial charge in [-0.1, -0.05) is 10.2 Å². The third kappa shape index (κ3) is 4.78. The molecule has 0 atom stereocenters. The Morgan fingerprint density at radius 1 is 1.13 bits per heavy atom. The fourth-order valence-electron chi connectivity index (χ4n) is 1.80. The predicted octanol–water partition coefficient (Wildman–Crippen LogP) is 3.17. The number of hydrogen-bond donors (Lipinski definition) is 2. The summed E-state index contributed by atoms with van der Waals surface area (Å²) in [6.45, 7) is 1.69. The van der Waals surface area contributed by atoms with Gasteiger partial charge >= 0.3 is 5.97 Å². The van der Waals surface area contributed by atoms with Crippen LogP contribution in [0.1, 0.15) is 22.3 Å². The van der Waals surface area contributed by atoms with E-state index < -0.39 is 17.5 Å². The van der Waals surface area contributed by atoms with Crippen LogP contribution in [-0.4, -0.2) is 22.0 Å². The van der Waals surface area contributed by atoms with Crippen LogP contribution in [0, 0.1) is 6.92 Å². The van der Waals surface area contributed by atoms with Crippen molar-refractivity contribution in [3.05, 3.63) is 61.3 Å². The van der Waals surface area contributed by atoms with Gasteiger partial charge in [0.2, 0.25) is 0 Å². The summed E-state index contributed by atoms with van der Waals surface area (Å²) >= 11 is 0. The summed E-state index contributed by atoms with van der Waals surface area (Å²) < 4.78 is 0. The minimum atomic E-state index is -1.70. The Kier molecular flexibility index (Phi) is 6.17. The second-order valence-corrected chi connectivity index (χ2v) is 4.40. The zero-order chi connectivity index (χ0) is 17.4. The fraction of sp³-hybridized carbons (Fsp3) is 0.231. The predicted molar refractivity (Wildman–Crippen MR) is 80.1 cm³/mol. The van der Waals surface area contributed by atoms with E-state index in [1.165, 1.54) is 12.1 Å². The van der Waals surface area contributed by atoms with E-state index in [2.05, 4.69) is 20.1 Å². The largest absolute Gasteiger partial charge is 0.507 e. The Bertz CT molecular complexity index is 732. The van der Waals surface area contributed by atoms with E-state index in [0.29, 0.717) is 22.8 Å². The van der Waals surface area contributed by atoms with E-state index in [0.717, 1.165) is 0 Å². The van der Waals surface area contributed by atoms with Crippen LogP contribution in [0.2, 0.25) is 0 Å². The maximum Gasteiger partial charge on any atom is 0.376 e. The van der Waals surface area contributed by atoms with Crippen molar-refractivity contribution >= 4 is 17.5 Å². The number of ketones is 1. The number of rotatable bonds is 7. The van der Waals surface area contributed by atoms with Gasteiger partial charge in [-0.2, -0.15) is 0 Å². The molecule has 0 bridgehead atoms. The summed E-state index contributed by atoms with van der Waals surface area (Å²) in [5.41, 5.74) is 18.8. The maximum atomic E-state index is 11.1. The third-order valence-corrected chi connectivity index (χ3v) is 3.01. The highest BCUT2D eigenvalue weighted by Gasteiger charge is 2.13. The normalized spacial score (nSPS) is 10.4. The van der Waals surface area contributed by atoms with Crippen molar-refractivity contribution in [1.29, 1.82) is 0 Å². The molecule has 0 fully saturated rings. The number of aliphatic hydroxyl groups excluding tert-OH is 1. The van der Waals surface area contributed by atoms with Gasteiger partial charge in [-0.15, -0.1) is 0 Å². The Hall–Kier alpha value is -3.48. The van der Waals surface area contributed by atoms with Crippen LogP contribution in [-0.2, 0) is 22.7 Å². The van der Waals surface area contributed by atoms with Gasteiger partial charge in [-0.25, -0.2) is 4.79 Å². The number of nitrogens with zero attached hydrogens (tertiary/aromatic N) is 6. The monoisotopic (exact) mass is 316 g/mol. The van der Waals surface area contributed by atoms with Crippen molar-refractivity contribution in [2.45, 2.75) is 20.0 Å². The molecule has 0 spiro atoms. The molecule has 118 valence electrons. The molecular formula is C13H12N6O4. The molecule has 10 heteroatoms. The Morgan fingerprint density at radius 3 is 2.00 bits per heavy atom. The second-order valence-electron chi connectivity index (χ2n) is 4.40. The number of aliphatic hydroxyl groups is 1. The van der Waals surface area contributed by atoms with E-state index in [1.807, 2.05) is 0 Å². The van der Waals surface area contributed by atoms with Crippen molar-refractivity contribution in [3.8, 4) is 0 Å². The molecule has 0 aromatic heterocycles. The molecule has 0 saturated heterocycles. The Morgan fingerprint density at radius 2 is 1.61 bits per heavy atom. The zero-order valence-electron chi connectivity index (χ0n) is 12.0. The average Bonchev–Trinajstić information content (AvgIpc) is 2.52. The first-order valence-corrected chi connectivity index (χ1v) is 6.23. The van der Waals surface area contributed by atoms with Crippen LogP contribution in [0.4, 0.5) is 0 Å². The third-order valence-electron chi connectivity index (χ3n) is 3.01. The van der Waals surface area contributed by atoms with Gasteiger partial charge in [0.05, 0.1) is 13.1 Å². The first-order chi connectivity index (χ1) is 10.9. The quantitative estimate of drug-likeness (QED) is 0.196. The summed E-state index contributed by atoms with van der Waals surface area (Å²) in [6, 6.07) is 2.93. The van der Waals surface area contributed by atoms with Gasteiger partial charge in [0.15, 0.2) is 0 Å². The number of carboxylic acid groups (broad SMARTS) is 1. The number of carbonyl (C=O) groups is 2. The first-order valence-electron chi connectivity index (χ1n) is 6.23. The van der Waals surface area contributed by atoms with Crippen LogP contribution in [0.15, 0.2) is 28.4 Å². The number of aliphatic carboxylic acids is 1. The molecule has 2 N–H and O–H groups in total. The van der Waals surface area contributed by atoms with Crippen molar-refractivity contribution in [3.63, 3.8) is 0 Å². The number of hydrogen-bond acceptors (Lipinski definition) is 5. The van der Waals surface area contributed by atoms with Crippen LogP contribution < -0.4 is 0 Å². The van der Waals surface area contributed by atoms with Crippen LogP contribution in [0.5, 0.6) is 0 Å². The molecule has 1 rings (SSSR count). The molecule has 0 aliphatic heterocycles. The lowest BCUT2D eigenvalue weighted by atomic mass is 9.97. The Labute approximate surface area is 129 Å². The summed E-state index contributed by atoms with van der Waals surface area (Å²) in [6.07, 6.45) is 0.571. The molecule has 0 heterocycles. The molecule has 0 amide bonds. The smallest absolute Gasteiger partial charge is 0.376 e. The molecule has 0 radical (unpaired) electrons. The molecule has 10 nitrogen and oxygen atoms in total. The average molecular weight is 316 g/mol. The lowest BCUT2D eigenvalue weighted by Crippen LogP contribution is -2.09. The summed E-state index contributed by atoms with van der Waals surface area (Å²) in [4.78, 5) is 26.9. The van der Waals surface area contributed by atoms with Gasteiger partial charge in [0.25, 0.3) is 5.78 Å². The topological polar surface area (TPSA) is 172 Å². The van der Waals surface area contributed by atoms with E-state index in [4.69, 9.17) is 16.2 Å². The summed E-state index contributed by atoms with van der Waals surface area (Å²) in [5, 5.41) is 25.3. The van der Waals surface area contributed by atoms with Crippen LogP contribution in [0.3, 0.4) is 0 Å². The lowest BCUT2D eigenvalue weighted by Gasteiger charge is -2.12. The standard InChI is InChI=1S/C13H12N6O4/c1-7-9(5-16-18-14)2-8(3-10(7)6-17-19-15)11(20)4-12(21)13(22)23/h2-4,20H,5-6H2,1H3,(H,22,23)/b11-4-. The van der Waals surface area contributed by atoms with E-state index in [-0.39, 0.29) is 18.7 Å². The first kappa shape index (κ1) is 17.6. The van der Waals surface area contributed by atoms with E-state index in [9.17, 15) is 14.7 Å². The van der Waals surface area contributed by atoms with Gasteiger partial charge < -0.3 is 10.2 Å². The number of carboxylic acids is 1. The van der Waals surface area contributed by atoms with Gasteiger partial charge in [0.1, 0.15) is 5.76 Å². The van der Waals surface area contributed by atoms with Crippen molar-refractivity contribution in [1.82, 2.24) is 0 Å². The SMILES string of the molecule is Cc1c(CN=[N+]=[N-])cc(/C(O)=C/C(=O)C(=O)O)cc1CN=[N+]=[N-]. The minimum absolute atomic E-state index is 0.0143. The highest BCUT2D eigenvalue weighted by molar-refractivity contribution is 6.38. The number of azide groups is 2. The summed E-state index contributed by atoms with van der Waals surface area (Å²) in [7, 11) is 0. The summed E-state index contributed by atoms with van der Waals surface area (Å²) in [5.74, 6) is -3.54. The van der Waals surface area contributed by atoms with E-state index in [1.54, 1.807) is 6.92 Å². The second kappa shape index (κ2) is 8.08. The molecule has 0 unspecified atom stereocenters. The van der Waals surface area contributed by atoms with Crippen molar-refractivity contribution in [2.24, 2.45) is 10.2 Å². The maximum absolute atomic E-state index is 11.1. The molecule has 0 aliphatic rings. The Balaban J connectivity index is 3.41. The van der Waals surface area contributed by atoms with Crippen molar-refractivity contribution < 1.29 is 19.8 Å². The number of carbonyl (C=O) groups excluding carboxylic acids is 1. The van der Waals surface area contributed by atoms with Crippen LogP contribution >= 0.6 is 0 Å². The molecule has 0 saturated carbocycles. The van der Waals surface area contributed by atoms with Gasteiger partial charge in [-0.3, -0.25) is 4.79 Å². The van der Waals surface area contributed by atoms with Gasteiger partial charge in [0, 0.05) is 21.5 Å². The van der Waals surface area contributed by atoms with Crippen molar-refractivity contribution in [2.75, 3.05) is 0 Å². The fourth-order valence-corrected chi connectivity index (χ4v) is 1.80. The number of benzene rings is 1. The highest BCUT2D eigenvalue weighted by Crippen LogP contribution is 2.23. The molecular weight excluding hydrogens is 304 g/mol. The van der Waals surface area contributed by atoms with Crippen LogP contribution in [0.25, 0.3) is 26.6 Å².